The number of carbonyl (C=O) groups excluding carboxylic acids is 2. The van der Waals surface area contributed by atoms with Gasteiger partial charge in [0, 0.05) is 11.3 Å². The van der Waals surface area contributed by atoms with E-state index >= 15 is 0 Å². The first-order valence-electron chi connectivity index (χ1n) is 11.7. The number of carbonyl (C=O) groups is 2. The summed E-state index contributed by atoms with van der Waals surface area (Å²) in [6.07, 6.45) is 0.923. The summed E-state index contributed by atoms with van der Waals surface area (Å²) in [5.41, 5.74) is 3.29. The van der Waals surface area contributed by atoms with E-state index in [1.54, 1.807) is 18.2 Å². The molecule has 5 nitrogen and oxygen atoms in total. The monoisotopic (exact) mass is 460 g/mol. The number of nitrogens with zero attached hydrogens (tertiary/aromatic N) is 1. The average Bonchev–Trinajstić information content (AvgIpc) is 2.98. The van der Waals surface area contributed by atoms with Crippen LogP contribution in [-0.2, 0) is 22.6 Å². The molecule has 0 radical (unpaired) electrons. The second kappa shape index (κ2) is 10.5. The van der Waals surface area contributed by atoms with Crippen LogP contribution in [0, 0.1) is 5.82 Å². The zero-order valence-electron chi connectivity index (χ0n) is 19.5. The SMILES string of the molecule is CC[C@H]1Oc2ccc(NC(=O)Cc3ccc(F)cc3)cc2CN([C@@H](CC)c2ccccc2)C1=O. The highest BCUT2D eigenvalue weighted by molar-refractivity contribution is 5.92. The van der Waals surface area contributed by atoms with Gasteiger partial charge in [-0.1, -0.05) is 56.3 Å². The van der Waals surface area contributed by atoms with Gasteiger partial charge in [-0.25, -0.2) is 4.39 Å². The Balaban J connectivity index is 1.58. The lowest BCUT2D eigenvalue weighted by molar-refractivity contribution is -0.141. The maximum Gasteiger partial charge on any atom is 0.264 e. The van der Waals surface area contributed by atoms with Gasteiger partial charge in [-0.2, -0.15) is 0 Å². The number of hydrogen-bond acceptors (Lipinski definition) is 3. The van der Waals surface area contributed by atoms with E-state index in [0.717, 1.165) is 23.1 Å². The van der Waals surface area contributed by atoms with Crippen LogP contribution in [0.25, 0.3) is 0 Å². The van der Waals surface area contributed by atoms with Crippen molar-refractivity contribution >= 4 is 17.5 Å². The second-order valence-electron chi connectivity index (χ2n) is 8.49. The second-order valence-corrected chi connectivity index (χ2v) is 8.49. The summed E-state index contributed by atoms with van der Waals surface area (Å²) in [6, 6.07) is 21.3. The topological polar surface area (TPSA) is 58.6 Å². The lowest BCUT2D eigenvalue weighted by Gasteiger charge is -2.32. The molecule has 4 rings (SSSR count). The number of nitrogens with one attached hydrogen (secondary N) is 1. The van der Waals surface area contributed by atoms with Gasteiger partial charge >= 0.3 is 0 Å². The average molecular weight is 461 g/mol. The molecule has 2 amide bonds. The molecule has 0 fully saturated rings. The van der Waals surface area contributed by atoms with Crippen LogP contribution in [-0.4, -0.2) is 22.8 Å². The van der Waals surface area contributed by atoms with Crippen molar-refractivity contribution in [2.24, 2.45) is 0 Å². The van der Waals surface area contributed by atoms with Gasteiger partial charge < -0.3 is 15.0 Å². The first kappa shape index (κ1) is 23.5. The quantitative estimate of drug-likeness (QED) is 0.495. The van der Waals surface area contributed by atoms with Crippen LogP contribution < -0.4 is 10.1 Å². The smallest absolute Gasteiger partial charge is 0.264 e. The van der Waals surface area contributed by atoms with E-state index in [9.17, 15) is 14.0 Å². The highest BCUT2D eigenvalue weighted by Crippen LogP contribution is 2.34. The maximum atomic E-state index is 13.4. The molecule has 6 heteroatoms. The van der Waals surface area contributed by atoms with E-state index in [-0.39, 0.29) is 30.1 Å². The molecule has 0 spiro atoms. The van der Waals surface area contributed by atoms with Crippen molar-refractivity contribution in [3.05, 3.63) is 95.3 Å². The number of benzene rings is 3. The van der Waals surface area contributed by atoms with E-state index in [1.165, 1.54) is 12.1 Å². The lowest BCUT2D eigenvalue weighted by atomic mass is 10.0. The summed E-state index contributed by atoms with van der Waals surface area (Å²) in [6.45, 7) is 4.41. The van der Waals surface area contributed by atoms with Gasteiger partial charge in [0.25, 0.3) is 5.91 Å². The fraction of sp³-hybridized carbons (Fsp3) is 0.286. The highest BCUT2D eigenvalue weighted by atomic mass is 19.1. The molecule has 34 heavy (non-hydrogen) atoms. The molecule has 3 aromatic carbocycles. The Labute approximate surface area is 199 Å². The van der Waals surface area contributed by atoms with Crippen molar-refractivity contribution in [1.82, 2.24) is 4.90 Å². The fourth-order valence-electron chi connectivity index (χ4n) is 4.37. The predicted molar refractivity (Wildman–Crippen MR) is 130 cm³/mol. The van der Waals surface area contributed by atoms with Gasteiger partial charge in [0.2, 0.25) is 5.91 Å². The molecule has 176 valence electrons. The van der Waals surface area contributed by atoms with Crippen LogP contribution in [0.3, 0.4) is 0 Å². The molecule has 0 saturated heterocycles. The lowest BCUT2D eigenvalue weighted by Crippen LogP contribution is -2.41. The Morgan fingerprint density at radius 2 is 1.82 bits per heavy atom. The largest absolute Gasteiger partial charge is 0.480 e. The summed E-state index contributed by atoms with van der Waals surface area (Å²) in [5.74, 6) is 0.0925. The summed E-state index contributed by atoms with van der Waals surface area (Å²) in [4.78, 5) is 27.9. The van der Waals surface area contributed by atoms with E-state index in [0.29, 0.717) is 24.4 Å². The molecule has 0 unspecified atom stereocenters. The first-order chi connectivity index (χ1) is 16.5. The van der Waals surface area contributed by atoms with Gasteiger partial charge in [0.15, 0.2) is 6.10 Å². The van der Waals surface area contributed by atoms with E-state index < -0.39 is 6.10 Å². The van der Waals surface area contributed by atoms with Crippen molar-refractivity contribution in [3.8, 4) is 5.75 Å². The van der Waals surface area contributed by atoms with E-state index in [4.69, 9.17) is 4.74 Å². The molecular formula is C28H29FN2O3. The predicted octanol–water partition coefficient (Wildman–Crippen LogP) is 5.66. The van der Waals surface area contributed by atoms with Crippen molar-refractivity contribution in [2.75, 3.05) is 5.32 Å². The third-order valence-electron chi connectivity index (χ3n) is 6.11. The summed E-state index contributed by atoms with van der Waals surface area (Å²) >= 11 is 0. The zero-order chi connectivity index (χ0) is 24.1. The molecule has 0 aliphatic carbocycles. The molecule has 1 heterocycles. The Morgan fingerprint density at radius 1 is 1.09 bits per heavy atom. The van der Waals surface area contributed by atoms with Crippen LogP contribution in [0.4, 0.5) is 10.1 Å². The van der Waals surface area contributed by atoms with Gasteiger partial charge in [-0.15, -0.1) is 0 Å². The molecule has 2 atom stereocenters. The first-order valence-corrected chi connectivity index (χ1v) is 11.7. The molecule has 1 aliphatic rings. The maximum absolute atomic E-state index is 13.4. The Kier molecular flexibility index (Phi) is 7.26. The normalized spacial score (nSPS) is 16.3. The molecule has 1 aliphatic heterocycles. The number of ether oxygens (including phenoxy) is 1. The van der Waals surface area contributed by atoms with E-state index in [2.05, 4.69) is 12.2 Å². The van der Waals surface area contributed by atoms with Gasteiger partial charge in [0.1, 0.15) is 11.6 Å². The minimum Gasteiger partial charge on any atom is -0.480 e. The molecule has 3 aromatic rings. The Morgan fingerprint density at radius 3 is 2.50 bits per heavy atom. The minimum absolute atomic E-state index is 0.0312. The molecular weight excluding hydrogens is 431 g/mol. The van der Waals surface area contributed by atoms with Crippen molar-refractivity contribution in [1.29, 1.82) is 0 Å². The number of anilines is 1. The van der Waals surface area contributed by atoms with Gasteiger partial charge in [-0.05, 0) is 54.3 Å². The van der Waals surface area contributed by atoms with E-state index in [1.807, 2.05) is 54.3 Å². The third kappa shape index (κ3) is 5.28. The molecule has 0 bridgehead atoms. The van der Waals surface area contributed by atoms with Crippen LogP contribution in [0.2, 0.25) is 0 Å². The van der Waals surface area contributed by atoms with Crippen LogP contribution in [0.5, 0.6) is 5.75 Å². The number of halogens is 1. The van der Waals surface area contributed by atoms with Crippen LogP contribution in [0.15, 0.2) is 72.8 Å². The number of rotatable bonds is 7. The van der Waals surface area contributed by atoms with Crippen molar-refractivity contribution < 1.29 is 18.7 Å². The van der Waals surface area contributed by atoms with Crippen LogP contribution in [0.1, 0.15) is 49.4 Å². The standard InChI is InChI=1S/C28H29FN2O3/c1-3-24(20-8-6-5-7-9-20)31-18-21-17-23(14-15-26(21)34-25(4-2)28(31)33)30-27(32)16-19-10-12-22(29)13-11-19/h5-15,17,24-25H,3-4,16,18H2,1-2H3,(H,30,32)/t24-,25+/m0/s1. The fourth-order valence-corrected chi connectivity index (χ4v) is 4.37. The Hall–Kier alpha value is -3.67. The zero-order valence-corrected chi connectivity index (χ0v) is 19.5. The number of hydrogen-bond donors (Lipinski definition) is 1. The van der Waals surface area contributed by atoms with Gasteiger partial charge in [-0.3, -0.25) is 9.59 Å². The molecule has 0 saturated carbocycles. The van der Waals surface area contributed by atoms with Crippen molar-refractivity contribution in [3.63, 3.8) is 0 Å². The van der Waals surface area contributed by atoms with Crippen molar-refractivity contribution in [2.45, 2.75) is 51.8 Å². The summed E-state index contributed by atoms with van der Waals surface area (Å²) in [5, 5.41) is 2.91. The molecule has 1 N–H and O–H groups in total. The van der Waals surface area contributed by atoms with Gasteiger partial charge in [0.05, 0.1) is 19.0 Å². The minimum atomic E-state index is -0.557. The molecule has 0 aromatic heterocycles. The summed E-state index contributed by atoms with van der Waals surface area (Å²) < 4.78 is 19.2. The number of amides is 2. The number of fused-ring (bicyclic) bond motifs is 1. The summed E-state index contributed by atoms with van der Waals surface area (Å²) in [7, 11) is 0. The van der Waals surface area contributed by atoms with Crippen LogP contribution >= 0.6 is 0 Å². The Bertz CT molecular complexity index is 1150. The highest BCUT2D eigenvalue weighted by Gasteiger charge is 2.34. The third-order valence-corrected chi connectivity index (χ3v) is 6.11.